The van der Waals surface area contributed by atoms with E-state index in [1.54, 1.807) is 0 Å². The molecule has 16 heavy (non-hydrogen) atoms. The Hall–Kier alpha value is -1.09. The number of pyridine rings is 1. The number of nitrogens with zero attached hydrogens (tertiary/aromatic N) is 3. The van der Waals surface area contributed by atoms with Gasteiger partial charge in [-0.3, -0.25) is 9.88 Å². The van der Waals surface area contributed by atoms with Crippen molar-refractivity contribution in [2.45, 2.75) is 26.3 Å². The van der Waals surface area contributed by atoms with E-state index in [0.29, 0.717) is 6.04 Å². The fourth-order valence-electron chi connectivity index (χ4n) is 2.27. The van der Waals surface area contributed by atoms with Gasteiger partial charge >= 0.3 is 0 Å². The quantitative estimate of drug-likeness (QED) is 0.758. The molecule has 0 atom stereocenters. The molecule has 0 aromatic carbocycles. The van der Waals surface area contributed by atoms with Gasteiger partial charge in [-0.05, 0) is 32.4 Å². The maximum absolute atomic E-state index is 4.07. The number of anilines is 1. The van der Waals surface area contributed by atoms with Gasteiger partial charge in [-0.15, -0.1) is 0 Å². The molecule has 1 saturated heterocycles. The van der Waals surface area contributed by atoms with Crippen LogP contribution in [0.4, 0.5) is 5.69 Å². The topological polar surface area (TPSA) is 19.4 Å². The lowest BCUT2D eigenvalue weighted by Crippen LogP contribution is -2.35. The summed E-state index contributed by atoms with van der Waals surface area (Å²) in [5, 5.41) is 0. The molecule has 0 saturated carbocycles. The number of aromatic nitrogens is 1. The fraction of sp³-hybridized carbons (Fsp3) is 0.615. The highest BCUT2D eigenvalue weighted by atomic mass is 15.2. The standard InChI is InChI=1S/C13H21N3/c1-12(2)15-8-3-9-16(11-10-15)13-4-6-14-7-5-13/h4-7,12H,3,8-11H2,1-2H3. The number of rotatable bonds is 2. The van der Waals surface area contributed by atoms with Crippen LogP contribution in [0.5, 0.6) is 0 Å². The van der Waals surface area contributed by atoms with Crippen molar-refractivity contribution in [3.8, 4) is 0 Å². The number of hydrogen-bond acceptors (Lipinski definition) is 3. The summed E-state index contributed by atoms with van der Waals surface area (Å²) in [5.74, 6) is 0. The van der Waals surface area contributed by atoms with Crippen molar-refractivity contribution in [2.24, 2.45) is 0 Å². The van der Waals surface area contributed by atoms with Crippen molar-refractivity contribution in [1.82, 2.24) is 9.88 Å². The molecule has 2 heterocycles. The summed E-state index contributed by atoms with van der Waals surface area (Å²) in [6.45, 7) is 9.23. The minimum atomic E-state index is 0.664. The molecule has 0 radical (unpaired) electrons. The summed E-state index contributed by atoms with van der Waals surface area (Å²) in [4.78, 5) is 9.09. The fourth-order valence-corrected chi connectivity index (χ4v) is 2.27. The zero-order valence-corrected chi connectivity index (χ0v) is 10.3. The van der Waals surface area contributed by atoms with E-state index in [2.05, 4.69) is 40.8 Å². The zero-order chi connectivity index (χ0) is 11.4. The summed E-state index contributed by atoms with van der Waals surface area (Å²) >= 11 is 0. The summed E-state index contributed by atoms with van der Waals surface area (Å²) < 4.78 is 0. The van der Waals surface area contributed by atoms with Crippen molar-refractivity contribution >= 4 is 5.69 Å². The molecule has 1 aliphatic rings. The zero-order valence-electron chi connectivity index (χ0n) is 10.3. The number of hydrogen-bond donors (Lipinski definition) is 0. The SMILES string of the molecule is CC(C)N1CCCN(c2ccncc2)CC1. The van der Waals surface area contributed by atoms with Crippen LogP contribution in [0.1, 0.15) is 20.3 Å². The first-order valence-corrected chi connectivity index (χ1v) is 6.16. The van der Waals surface area contributed by atoms with Crippen molar-refractivity contribution in [3.63, 3.8) is 0 Å². The Morgan fingerprint density at radius 2 is 1.81 bits per heavy atom. The average molecular weight is 219 g/mol. The Kier molecular flexibility index (Phi) is 3.78. The van der Waals surface area contributed by atoms with Crippen LogP contribution in [-0.4, -0.2) is 42.1 Å². The lowest BCUT2D eigenvalue weighted by atomic mass is 10.3. The highest BCUT2D eigenvalue weighted by Crippen LogP contribution is 2.15. The molecule has 1 aromatic heterocycles. The molecule has 0 aliphatic carbocycles. The van der Waals surface area contributed by atoms with E-state index >= 15 is 0 Å². The Morgan fingerprint density at radius 3 is 2.50 bits per heavy atom. The van der Waals surface area contributed by atoms with Gasteiger partial charge in [0.15, 0.2) is 0 Å². The second kappa shape index (κ2) is 5.30. The van der Waals surface area contributed by atoms with Crippen LogP contribution in [0.25, 0.3) is 0 Å². The van der Waals surface area contributed by atoms with Gasteiger partial charge < -0.3 is 4.90 Å². The van der Waals surface area contributed by atoms with Crippen LogP contribution in [0.15, 0.2) is 24.5 Å². The highest BCUT2D eigenvalue weighted by Gasteiger charge is 2.16. The Labute approximate surface area is 98.1 Å². The molecule has 88 valence electrons. The third-order valence-corrected chi connectivity index (χ3v) is 3.29. The van der Waals surface area contributed by atoms with Crippen LogP contribution in [-0.2, 0) is 0 Å². The molecule has 0 N–H and O–H groups in total. The van der Waals surface area contributed by atoms with E-state index in [0.717, 1.165) is 13.1 Å². The summed E-state index contributed by atoms with van der Waals surface area (Å²) in [5.41, 5.74) is 1.31. The lowest BCUT2D eigenvalue weighted by molar-refractivity contribution is 0.238. The summed E-state index contributed by atoms with van der Waals surface area (Å²) in [6.07, 6.45) is 5.00. The van der Waals surface area contributed by atoms with Gasteiger partial charge in [0.1, 0.15) is 0 Å². The molecule has 0 unspecified atom stereocenters. The molecule has 0 bridgehead atoms. The molecule has 1 aromatic rings. The van der Waals surface area contributed by atoms with E-state index < -0.39 is 0 Å². The monoisotopic (exact) mass is 219 g/mol. The molecule has 2 rings (SSSR count). The first-order valence-electron chi connectivity index (χ1n) is 6.16. The maximum Gasteiger partial charge on any atom is 0.0397 e. The molecule has 1 fully saturated rings. The van der Waals surface area contributed by atoms with E-state index in [-0.39, 0.29) is 0 Å². The van der Waals surface area contributed by atoms with Crippen LogP contribution >= 0.6 is 0 Å². The average Bonchev–Trinajstić information content (AvgIpc) is 2.55. The summed E-state index contributed by atoms with van der Waals surface area (Å²) in [6, 6.07) is 4.87. The first-order chi connectivity index (χ1) is 7.77. The van der Waals surface area contributed by atoms with Gasteiger partial charge in [-0.2, -0.15) is 0 Å². The highest BCUT2D eigenvalue weighted by molar-refractivity contribution is 5.44. The van der Waals surface area contributed by atoms with Gasteiger partial charge in [-0.1, -0.05) is 0 Å². The normalized spacial score (nSPS) is 18.8. The second-order valence-electron chi connectivity index (χ2n) is 4.68. The van der Waals surface area contributed by atoms with Gasteiger partial charge in [0.05, 0.1) is 0 Å². The molecular formula is C13H21N3. The molecule has 3 nitrogen and oxygen atoms in total. The Bertz CT molecular complexity index is 310. The molecule has 3 heteroatoms. The van der Waals surface area contributed by atoms with Gasteiger partial charge in [-0.25, -0.2) is 0 Å². The van der Waals surface area contributed by atoms with E-state index in [4.69, 9.17) is 0 Å². The third-order valence-electron chi connectivity index (χ3n) is 3.29. The molecule has 0 amide bonds. The lowest BCUT2D eigenvalue weighted by Gasteiger charge is -2.25. The Balaban J connectivity index is 1.99. The van der Waals surface area contributed by atoms with Crippen molar-refractivity contribution in [3.05, 3.63) is 24.5 Å². The van der Waals surface area contributed by atoms with Crippen LogP contribution in [0, 0.1) is 0 Å². The minimum Gasteiger partial charge on any atom is -0.370 e. The molecule has 1 aliphatic heterocycles. The minimum absolute atomic E-state index is 0.664. The second-order valence-corrected chi connectivity index (χ2v) is 4.68. The van der Waals surface area contributed by atoms with Crippen LogP contribution < -0.4 is 4.90 Å². The van der Waals surface area contributed by atoms with Crippen molar-refractivity contribution in [1.29, 1.82) is 0 Å². The largest absolute Gasteiger partial charge is 0.370 e. The Morgan fingerprint density at radius 1 is 1.06 bits per heavy atom. The molecule has 0 spiro atoms. The molecular weight excluding hydrogens is 198 g/mol. The van der Waals surface area contributed by atoms with E-state index in [9.17, 15) is 0 Å². The van der Waals surface area contributed by atoms with Crippen LogP contribution in [0.3, 0.4) is 0 Å². The third kappa shape index (κ3) is 2.73. The maximum atomic E-state index is 4.07. The van der Waals surface area contributed by atoms with Gasteiger partial charge in [0, 0.05) is 50.3 Å². The predicted octanol–water partition coefficient (Wildman–Crippen LogP) is 2.00. The summed E-state index contributed by atoms with van der Waals surface area (Å²) in [7, 11) is 0. The van der Waals surface area contributed by atoms with Crippen LogP contribution in [0.2, 0.25) is 0 Å². The van der Waals surface area contributed by atoms with E-state index in [1.165, 1.54) is 25.2 Å². The van der Waals surface area contributed by atoms with Crippen molar-refractivity contribution in [2.75, 3.05) is 31.1 Å². The van der Waals surface area contributed by atoms with Crippen molar-refractivity contribution < 1.29 is 0 Å². The van der Waals surface area contributed by atoms with Gasteiger partial charge in [0.2, 0.25) is 0 Å². The van der Waals surface area contributed by atoms with E-state index in [1.807, 2.05) is 12.4 Å². The smallest absolute Gasteiger partial charge is 0.0397 e. The predicted molar refractivity (Wildman–Crippen MR) is 67.8 cm³/mol. The van der Waals surface area contributed by atoms with Gasteiger partial charge in [0.25, 0.3) is 0 Å². The first kappa shape index (κ1) is 11.4.